The predicted molar refractivity (Wildman–Crippen MR) is 111 cm³/mol. The zero-order valence-corrected chi connectivity index (χ0v) is 16.7. The normalized spacial score (nSPS) is 13.1. The molecule has 0 saturated carbocycles. The second-order valence-corrected chi connectivity index (χ2v) is 7.53. The lowest BCUT2D eigenvalue weighted by Gasteiger charge is -2.26. The van der Waals surface area contributed by atoms with Crippen molar-refractivity contribution in [1.82, 2.24) is 5.06 Å². The average molecular weight is 406 g/mol. The van der Waals surface area contributed by atoms with E-state index in [9.17, 15) is 14.4 Å². The number of carbonyl (C=O) groups excluding carboxylic acids is 3. The van der Waals surface area contributed by atoms with E-state index >= 15 is 0 Å². The number of hydrogen-bond acceptors (Lipinski definition) is 5. The molecule has 7 heteroatoms. The van der Waals surface area contributed by atoms with Gasteiger partial charge in [-0.15, -0.1) is 5.06 Å². The molecule has 6 nitrogen and oxygen atoms in total. The van der Waals surface area contributed by atoms with Gasteiger partial charge in [-0.05, 0) is 42.6 Å². The Morgan fingerprint density at radius 3 is 2.41 bits per heavy atom. The van der Waals surface area contributed by atoms with Gasteiger partial charge >= 0.3 is 0 Å². The average Bonchev–Trinajstić information content (AvgIpc) is 2.71. The fraction of sp³-hybridized carbons (Fsp3) is 0.136. The van der Waals surface area contributed by atoms with Crippen molar-refractivity contribution in [2.75, 3.05) is 11.9 Å². The van der Waals surface area contributed by atoms with Crippen molar-refractivity contribution in [2.45, 2.75) is 23.6 Å². The highest BCUT2D eigenvalue weighted by Gasteiger charge is 2.34. The van der Waals surface area contributed by atoms with E-state index in [-0.39, 0.29) is 12.5 Å². The van der Waals surface area contributed by atoms with Crippen LogP contribution in [0.3, 0.4) is 0 Å². The van der Waals surface area contributed by atoms with Crippen LogP contribution in [0.15, 0.2) is 64.4 Å². The van der Waals surface area contributed by atoms with Crippen molar-refractivity contribution in [2.24, 2.45) is 0 Å². The first-order chi connectivity index (χ1) is 14.0. The van der Waals surface area contributed by atoms with Crippen LogP contribution in [0.4, 0.5) is 5.69 Å². The number of nitrogens with one attached hydrogen (secondary N) is 1. The third-order valence-electron chi connectivity index (χ3n) is 4.51. The van der Waals surface area contributed by atoms with Crippen LogP contribution in [0.2, 0.25) is 0 Å². The molecule has 0 aliphatic carbocycles. The highest BCUT2D eigenvalue weighted by atomic mass is 32.2. The molecule has 0 unspecified atom stereocenters. The quantitative estimate of drug-likeness (QED) is 0.632. The van der Waals surface area contributed by atoms with Crippen LogP contribution in [0.25, 0.3) is 10.8 Å². The van der Waals surface area contributed by atoms with Gasteiger partial charge in [0.15, 0.2) is 0 Å². The summed E-state index contributed by atoms with van der Waals surface area (Å²) < 4.78 is 0. The molecule has 3 amide bonds. The van der Waals surface area contributed by atoms with Crippen LogP contribution in [0, 0.1) is 0 Å². The minimum Gasteiger partial charge on any atom is -0.325 e. The fourth-order valence-electron chi connectivity index (χ4n) is 3.35. The highest BCUT2D eigenvalue weighted by molar-refractivity contribution is 7.99. The standard InChI is InChI=1S/C22H18N2O4S/c1-3-28-24-21(26)15-8-6-7-14-18(12-11-16(20(14)15)22(24)27)29-19-10-5-4-9-17(19)23-13(2)25/h4-12H,3H2,1-2H3,(H,23,25). The summed E-state index contributed by atoms with van der Waals surface area (Å²) in [6, 6.07) is 16.5. The molecular formula is C22H18N2O4S. The summed E-state index contributed by atoms with van der Waals surface area (Å²) in [6.07, 6.45) is 0. The van der Waals surface area contributed by atoms with Gasteiger partial charge in [0.25, 0.3) is 11.8 Å². The summed E-state index contributed by atoms with van der Waals surface area (Å²) in [7, 11) is 0. The van der Waals surface area contributed by atoms with Gasteiger partial charge in [-0.2, -0.15) is 0 Å². The maximum atomic E-state index is 12.8. The number of benzene rings is 3. The van der Waals surface area contributed by atoms with Crippen LogP contribution in [-0.4, -0.2) is 29.4 Å². The van der Waals surface area contributed by atoms with Gasteiger partial charge in [-0.3, -0.25) is 19.2 Å². The zero-order chi connectivity index (χ0) is 20.5. The lowest BCUT2D eigenvalue weighted by Crippen LogP contribution is -2.40. The molecule has 0 radical (unpaired) electrons. The molecular weight excluding hydrogens is 388 g/mol. The second-order valence-electron chi connectivity index (χ2n) is 6.44. The summed E-state index contributed by atoms with van der Waals surface area (Å²) in [5.74, 6) is -1.08. The van der Waals surface area contributed by atoms with Crippen molar-refractivity contribution in [3.05, 3.63) is 65.7 Å². The van der Waals surface area contributed by atoms with Gasteiger partial charge < -0.3 is 5.32 Å². The van der Waals surface area contributed by atoms with E-state index in [1.54, 1.807) is 25.1 Å². The number of rotatable bonds is 5. The number of anilines is 1. The molecule has 4 rings (SSSR count). The first-order valence-electron chi connectivity index (χ1n) is 9.13. The molecule has 0 atom stereocenters. The second kappa shape index (κ2) is 7.69. The van der Waals surface area contributed by atoms with Crippen LogP contribution in [0.1, 0.15) is 34.6 Å². The Hall–Kier alpha value is -3.16. The minimum atomic E-state index is -0.462. The number of imide groups is 1. The van der Waals surface area contributed by atoms with Crippen molar-refractivity contribution >= 4 is 45.9 Å². The summed E-state index contributed by atoms with van der Waals surface area (Å²) in [4.78, 5) is 44.1. The predicted octanol–water partition coefficient (Wildman–Crippen LogP) is 4.50. The number of hydrogen-bond donors (Lipinski definition) is 1. The third kappa shape index (κ3) is 3.39. The molecule has 29 heavy (non-hydrogen) atoms. The smallest absolute Gasteiger partial charge is 0.285 e. The van der Waals surface area contributed by atoms with E-state index in [4.69, 9.17) is 4.84 Å². The monoisotopic (exact) mass is 406 g/mol. The fourth-order valence-corrected chi connectivity index (χ4v) is 4.38. The summed E-state index contributed by atoms with van der Waals surface area (Å²) in [5, 5.41) is 5.09. The van der Waals surface area contributed by atoms with Gasteiger partial charge in [0, 0.05) is 22.1 Å². The van der Waals surface area contributed by atoms with Crippen LogP contribution in [0.5, 0.6) is 0 Å². The Morgan fingerprint density at radius 1 is 0.966 bits per heavy atom. The van der Waals surface area contributed by atoms with E-state index in [1.807, 2.05) is 36.4 Å². The summed E-state index contributed by atoms with van der Waals surface area (Å²) in [6.45, 7) is 3.41. The minimum absolute atomic E-state index is 0.151. The maximum Gasteiger partial charge on any atom is 0.285 e. The number of hydroxylamine groups is 2. The molecule has 0 fully saturated rings. The van der Waals surface area contributed by atoms with Crippen molar-refractivity contribution in [1.29, 1.82) is 0 Å². The number of nitrogens with zero attached hydrogens (tertiary/aromatic N) is 1. The Morgan fingerprint density at radius 2 is 1.69 bits per heavy atom. The van der Waals surface area contributed by atoms with Crippen LogP contribution in [-0.2, 0) is 9.63 Å². The molecule has 0 saturated heterocycles. The number of para-hydroxylation sites is 1. The van der Waals surface area contributed by atoms with Gasteiger partial charge in [-0.1, -0.05) is 36.0 Å². The molecule has 1 aliphatic heterocycles. The van der Waals surface area contributed by atoms with E-state index in [0.717, 1.165) is 20.2 Å². The molecule has 146 valence electrons. The van der Waals surface area contributed by atoms with Gasteiger partial charge in [0.2, 0.25) is 5.91 Å². The number of amides is 3. The van der Waals surface area contributed by atoms with Gasteiger partial charge in [-0.25, -0.2) is 0 Å². The third-order valence-corrected chi connectivity index (χ3v) is 5.66. The lowest BCUT2D eigenvalue weighted by atomic mass is 9.95. The summed E-state index contributed by atoms with van der Waals surface area (Å²) in [5.41, 5.74) is 1.58. The molecule has 1 heterocycles. The molecule has 3 aromatic rings. The molecule has 1 N–H and O–H groups in total. The SMILES string of the molecule is CCON1C(=O)c2cccc3c(Sc4ccccc4NC(C)=O)ccc(c23)C1=O. The molecule has 0 aromatic heterocycles. The van der Waals surface area contributed by atoms with E-state index < -0.39 is 11.8 Å². The first-order valence-corrected chi connectivity index (χ1v) is 9.94. The van der Waals surface area contributed by atoms with E-state index in [0.29, 0.717) is 22.2 Å². The number of carbonyl (C=O) groups is 3. The zero-order valence-electron chi connectivity index (χ0n) is 15.9. The maximum absolute atomic E-state index is 12.8. The topological polar surface area (TPSA) is 75.7 Å². The van der Waals surface area contributed by atoms with Crippen molar-refractivity contribution < 1.29 is 19.2 Å². The largest absolute Gasteiger partial charge is 0.325 e. The van der Waals surface area contributed by atoms with Crippen LogP contribution >= 0.6 is 11.8 Å². The van der Waals surface area contributed by atoms with Crippen molar-refractivity contribution in [3.63, 3.8) is 0 Å². The van der Waals surface area contributed by atoms with Gasteiger partial charge in [0.05, 0.1) is 23.4 Å². The Kier molecular flexibility index (Phi) is 5.08. The molecule has 3 aromatic carbocycles. The highest BCUT2D eigenvalue weighted by Crippen LogP contribution is 2.40. The Bertz CT molecular complexity index is 1140. The van der Waals surface area contributed by atoms with E-state index in [2.05, 4.69) is 5.32 Å². The van der Waals surface area contributed by atoms with Gasteiger partial charge in [0.1, 0.15) is 0 Å². The first kappa shape index (κ1) is 19.2. The van der Waals surface area contributed by atoms with E-state index in [1.165, 1.54) is 18.7 Å². The lowest BCUT2D eigenvalue weighted by molar-refractivity contribution is -0.114. The summed E-state index contributed by atoms with van der Waals surface area (Å²) >= 11 is 1.47. The molecule has 0 bridgehead atoms. The Labute approximate surface area is 171 Å². The van der Waals surface area contributed by atoms with Crippen LogP contribution < -0.4 is 5.32 Å². The van der Waals surface area contributed by atoms with Crippen molar-refractivity contribution in [3.8, 4) is 0 Å². The molecule has 1 aliphatic rings. The Balaban J connectivity index is 1.83. The molecule has 0 spiro atoms.